The second-order valence-corrected chi connectivity index (χ2v) is 3.60. The highest BCUT2D eigenvalue weighted by atomic mass is 16.3. The minimum Gasteiger partial charge on any atom is -0.396 e. The van der Waals surface area contributed by atoms with Gasteiger partial charge in [-0.15, -0.1) is 0 Å². The number of aliphatic hydroxyl groups is 2. The molecule has 0 aliphatic heterocycles. The lowest BCUT2D eigenvalue weighted by Crippen LogP contribution is -2.33. The summed E-state index contributed by atoms with van der Waals surface area (Å²) in [6.07, 6.45) is 0.745. The van der Waals surface area contributed by atoms with E-state index in [-0.39, 0.29) is 12.6 Å². The van der Waals surface area contributed by atoms with Crippen LogP contribution in [0.25, 0.3) is 0 Å². The Morgan fingerprint density at radius 2 is 1.93 bits per heavy atom. The van der Waals surface area contributed by atoms with E-state index in [4.69, 9.17) is 5.11 Å². The van der Waals surface area contributed by atoms with Gasteiger partial charge in [-0.25, -0.2) is 0 Å². The van der Waals surface area contributed by atoms with Crippen LogP contribution in [0.5, 0.6) is 0 Å². The summed E-state index contributed by atoms with van der Waals surface area (Å²) in [7, 11) is 0. The summed E-state index contributed by atoms with van der Waals surface area (Å²) in [5, 5.41) is 21.8. The maximum absolute atomic E-state index is 9.75. The monoisotopic (exact) mass is 209 g/mol. The minimum absolute atomic E-state index is 0.000417. The van der Waals surface area contributed by atoms with Gasteiger partial charge in [-0.05, 0) is 25.0 Å². The highest BCUT2D eigenvalue weighted by Crippen LogP contribution is 2.12. The molecular formula is C12H19NO2. The van der Waals surface area contributed by atoms with Gasteiger partial charge in [0.25, 0.3) is 0 Å². The van der Waals surface area contributed by atoms with E-state index in [1.807, 2.05) is 37.3 Å². The molecule has 1 rings (SSSR count). The maximum atomic E-state index is 9.75. The molecule has 15 heavy (non-hydrogen) atoms. The van der Waals surface area contributed by atoms with E-state index in [1.54, 1.807) is 0 Å². The number of hydrogen-bond acceptors (Lipinski definition) is 3. The number of rotatable bonds is 6. The minimum atomic E-state index is -0.500. The van der Waals surface area contributed by atoms with E-state index in [0.717, 1.165) is 12.1 Å². The zero-order chi connectivity index (χ0) is 11.1. The number of para-hydroxylation sites is 1. The first-order chi connectivity index (χ1) is 7.27. The molecule has 1 aromatic rings. The van der Waals surface area contributed by atoms with E-state index in [2.05, 4.69) is 5.32 Å². The summed E-state index contributed by atoms with van der Waals surface area (Å²) in [4.78, 5) is 0. The van der Waals surface area contributed by atoms with Crippen LogP contribution >= 0.6 is 0 Å². The van der Waals surface area contributed by atoms with Crippen LogP contribution in [-0.4, -0.2) is 29.0 Å². The maximum Gasteiger partial charge on any atom is 0.0762 e. The van der Waals surface area contributed by atoms with Gasteiger partial charge in [0.05, 0.1) is 12.1 Å². The summed E-state index contributed by atoms with van der Waals surface area (Å²) >= 11 is 0. The third-order valence-corrected chi connectivity index (χ3v) is 2.46. The van der Waals surface area contributed by atoms with Crippen molar-refractivity contribution in [2.75, 3.05) is 11.9 Å². The molecular weight excluding hydrogens is 190 g/mol. The molecule has 0 aliphatic carbocycles. The molecule has 0 saturated carbocycles. The zero-order valence-electron chi connectivity index (χ0n) is 9.06. The van der Waals surface area contributed by atoms with Gasteiger partial charge in [0.2, 0.25) is 0 Å². The van der Waals surface area contributed by atoms with Gasteiger partial charge in [-0.3, -0.25) is 0 Å². The molecule has 3 heteroatoms. The number of hydrogen-bond donors (Lipinski definition) is 3. The molecule has 2 atom stereocenters. The van der Waals surface area contributed by atoms with Gasteiger partial charge in [0.1, 0.15) is 0 Å². The Morgan fingerprint density at radius 3 is 2.47 bits per heavy atom. The Hall–Kier alpha value is -1.06. The zero-order valence-corrected chi connectivity index (χ0v) is 9.06. The summed E-state index contributed by atoms with van der Waals surface area (Å²) in [5.41, 5.74) is 1.00. The molecule has 0 unspecified atom stereocenters. The Bertz CT molecular complexity index is 264. The number of anilines is 1. The van der Waals surface area contributed by atoms with Crippen LogP contribution in [0.3, 0.4) is 0 Å². The molecule has 0 saturated heterocycles. The second-order valence-electron chi connectivity index (χ2n) is 3.60. The van der Waals surface area contributed by atoms with E-state index < -0.39 is 6.10 Å². The van der Waals surface area contributed by atoms with Crippen LogP contribution in [0.15, 0.2) is 30.3 Å². The Labute approximate surface area is 90.8 Å². The van der Waals surface area contributed by atoms with Gasteiger partial charge >= 0.3 is 0 Å². The van der Waals surface area contributed by atoms with Crippen molar-refractivity contribution in [3.8, 4) is 0 Å². The fourth-order valence-electron chi connectivity index (χ4n) is 1.55. The van der Waals surface area contributed by atoms with E-state index in [0.29, 0.717) is 6.42 Å². The number of nitrogens with one attached hydrogen (secondary N) is 1. The topological polar surface area (TPSA) is 52.5 Å². The van der Waals surface area contributed by atoms with Crippen molar-refractivity contribution in [1.82, 2.24) is 0 Å². The third kappa shape index (κ3) is 3.90. The standard InChI is InChI=1S/C12H19NO2/c1-2-11(12(15)8-9-14)13-10-6-4-3-5-7-10/h3-7,11-15H,2,8-9H2,1H3/t11-,12+/m1/s1. The van der Waals surface area contributed by atoms with Crippen LogP contribution in [0.2, 0.25) is 0 Å². The molecule has 3 N–H and O–H groups in total. The lowest BCUT2D eigenvalue weighted by Gasteiger charge is -2.23. The first-order valence-electron chi connectivity index (χ1n) is 5.38. The van der Waals surface area contributed by atoms with Crippen molar-refractivity contribution < 1.29 is 10.2 Å². The molecule has 0 aliphatic rings. The SMILES string of the molecule is CC[C@@H](Nc1ccccc1)[C@@H](O)CCO. The summed E-state index contributed by atoms with van der Waals surface area (Å²) in [6.45, 7) is 2.04. The fraction of sp³-hybridized carbons (Fsp3) is 0.500. The van der Waals surface area contributed by atoms with Crippen molar-refractivity contribution >= 4 is 5.69 Å². The van der Waals surface area contributed by atoms with Crippen LogP contribution in [-0.2, 0) is 0 Å². The molecule has 0 bridgehead atoms. The first kappa shape index (κ1) is 12.0. The van der Waals surface area contributed by atoms with Gasteiger partial charge in [0, 0.05) is 12.3 Å². The van der Waals surface area contributed by atoms with Crippen molar-refractivity contribution in [3.63, 3.8) is 0 Å². The van der Waals surface area contributed by atoms with Crippen molar-refractivity contribution in [2.24, 2.45) is 0 Å². The van der Waals surface area contributed by atoms with E-state index in [9.17, 15) is 5.11 Å². The largest absolute Gasteiger partial charge is 0.396 e. The summed E-state index contributed by atoms with van der Waals surface area (Å²) < 4.78 is 0. The average Bonchev–Trinajstić information content (AvgIpc) is 2.27. The Kier molecular flexibility index (Phi) is 5.15. The first-order valence-corrected chi connectivity index (χ1v) is 5.38. The normalized spacial score (nSPS) is 14.6. The third-order valence-electron chi connectivity index (χ3n) is 2.46. The smallest absolute Gasteiger partial charge is 0.0762 e. The molecule has 3 nitrogen and oxygen atoms in total. The molecule has 84 valence electrons. The molecule has 0 fully saturated rings. The molecule has 0 amide bonds. The van der Waals surface area contributed by atoms with Crippen LogP contribution in [0.4, 0.5) is 5.69 Å². The molecule has 0 aromatic heterocycles. The van der Waals surface area contributed by atoms with Crippen LogP contribution in [0.1, 0.15) is 19.8 Å². The van der Waals surface area contributed by atoms with Crippen molar-refractivity contribution in [1.29, 1.82) is 0 Å². The Balaban J connectivity index is 2.53. The average molecular weight is 209 g/mol. The molecule has 1 aromatic carbocycles. The number of benzene rings is 1. The second kappa shape index (κ2) is 6.43. The van der Waals surface area contributed by atoms with Gasteiger partial charge < -0.3 is 15.5 Å². The predicted octanol–water partition coefficient (Wildman–Crippen LogP) is 1.62. The van der Waals surface area contributed by atoms with E-state index in [1.165, 1.54) is 0 Å². The molecule has 0 heterocycles. The Morgan fingerprint density at radius 1 is 1.27 bits per heavy atom. The number of aliphatic hydroxyl groups excluding tert-OH is 2. The fourth-order valence-corrected chi connectivity index (χ4v) is 1.55. The van der Waals surface area contributed by atoms with Gasteiger partial charge in [-0.2, -0.15) is 0 Å². The van der Waals surface area contributed by atoms with E-state index >= 15 is 0 Å². The van der Waals surface area contributed by atoms with Crippen molar-refractivity contribution in [2.45, 2.75) is 31.9 Å². The van der Waals surface area contributed by atoms with Crippen LogP contribution < -0.4 is 5.32 Å². The van der Waals surface area contributed by atoms with Gasteiger partial charge in [-0.1, -0.05) is 25.1 Å². The van der Waals surface area contributed by atoms with Crippen molar-refractivity contribution in [3.05, 3.63) is 30.3 Å². The van der Waals surface area contributed by atoms with Crippen LogP contribution in [0, 0.1) is 0 Å². The predicted molar refractivity (Wildman–Crippen MR) is 61.9 cm³/mol. The summed E-state index contributed by atoms with van der Waals surface area (Å²) in [5.74, 6) is 0. The molecule has 0 spiro atoms. The highest BCUT2D eigenvalue weighted by molar-refractivity contribution is 5.43. The highest BCUT2D eigenvalue weighted by Gasteiger charge is 2.16. The lowest BCUT2D eigenvalue weighted by atomic mass is 10.1. The lowest BCUT2D eigenvalue weighted by molar-refractivity contribution is 0.114. The summed E-state index contributed by atoms with van der Waals surface area (Å²) in [6, 6.07) is 9.79. The quantitative estimate of drug-likeness (QED) is 0.667. The molecule has 0 radical (unpaired) electrons. The van der Waals surface area contributed by atoms with Gasteiger partial charge in [0.15, 0.2) is 0 Å².